The number of carbonyl (C=O) groups is 1. The molecule has 0 aromatic heterocycles. The molecule has 0 aliphatic carbocycles. The Bertz CT molecular complexity index is 461. The SMILES string of the molecule is Cc1cc(O)ccc1C(=O)N1CCCCCC1CCl. The second kappa shape index (κ2) is 6.29. The van der Waals surface area contributed by atoms with Crippen molar-refractivity contribution in [3.05, 3.63) is 29.3 Å². The highest BCUT2D eigenvalue weighted by atomic mass is 35.5. The molecular formula is C15H20ClNO2. The first kappa shape index (κ1) is 14.2. The second-order valence-corrected chi connectivity index (χ2v) is 5.46. The molecular weight excluding hydrogens is 262 g/mol. The minimum absolute atomic E-state index is 0.0325. The molecule has 1 unspecified atom stereocenters. The van der Waals surface area contributed by atoms with Crippen molar-refractivity contribution in [2.45, 2.75) is 38.6 Å². The van der Waals surface area contributed by atoms with Gasteiger partial charge in [0.15, 0.2) is 0 Å². The average Bonchev–Trinajstić information content (AvgIpc) is 2.63. The molecule has 1 aromatic carbocycles. The van der Waals surface area contributed by atoms with Gasteiger partial charge in [0, 0.05) is 24.0 Å². The van der Waals surface area contributed by atoms with Crippen LogP contribution in [0.4, 0.5) is 0 Å². The van der Waals surface area contributed by atoms with Crippen LogP contribution in [0.5, 0.6) is 5.75 Å². The minimum Gasteiger partial charge on any atom is -0.508 e. The molecule has 0 saturated carbocycles. The lowest BCUT2D eigenvalue weighted by Crippen LogP contribution is -2.41. The van der Waals surface area contributed by atoms with Crippen molar-refractivity contribution in [3.63, 3.8) is 0 Å². The van der Waals surface area contributed by atoms with Gasteiger partial charge in [-0.1, -0.05) is 12.8 Å². The summed E-state index contributed by atoms with van der Waals surface area (Å²) in [5, 5.41) is 9.43. The number of likely N-dealkylation sites (tertiary alicyclic amines) is 1. The van der Waals surface area contributed by atoms with Gasteiger partial charge in [0.1, 0.15) is 5.75 Å². The van der Waals surface area contributed by atoms with Gasteiger partial charge in [0.2, 0.25) is 0 Å². The number of hydrogen-bond acceptors (Lipinski definition) is 2. The van der Waals surface area contributed by atoms with Crippen molar-refractivity contribution < 1.29 is 9.90 Å². The van der Waals surface area contributed by atoms with Crippen LogP contribution in [0.2, 0.25) is 0 Å². The van der Waals surface area contributed by atoms with Crippen LogP contribution < -0.4 is 0 Å². The summed E-state index contributed by atoms with van der Waals surface area (Å²) in [6.07, 6.45) is 4.31. The Morgan fingerprint density at radius 1 is 1.42 bits per heavy atom. The van der Waals surface area contributed by atoms with E-state index in [1.54, 1.807) is 18.2 Å². The first-order valence-electron chi connectivity index (χ1n) is 6.80. The maximum absolute atomic E-state index is 12.6. The molecule has 1 atom stereocenters. The lowest BCUT2D eigenvalue weighted by Gasteiger charge is -2.29. The number of phenolic OH excluding ortho intramolecular Hbond substituents is 1. The molecule has 3 nitrogen and oxygen atoms in total. The lowest BCUT2D eigenvalue weighted by molar-refractivity contribution is 0.0699. The molecule has 104 valence electrons. The van der Waals surface area contributed by atoms with Gasteiger partial charge >= 0.3 is 0 Å². The van der Waals surface area contributed by atoms with Crippen LogP contribution in [0.3, 0.4) is 0 Å². The third-order valence-corrected chi connectivity index (χ3v) is 4.11. The summed E-state index contributed by atoms with van der Waals surface area (Å²) in [4.78, 5) is 14.5. The lowest BCUT2D eigenvalue weighted by atomic mass is 10.1. The summed E-state index contributed by atoms with van der Waals surface area (Å²) in [5.41, 5.74) is 1.47. The Morgan fingerprint density at radius 2 is 2.21 bits per heavy atom. The quantitative estimate of drug-likeness (QED) is 0.845. The van der Waals surface area contributed by atoms with Gasteiger partial charge in [-0.25, -0.2) is 0 Å². The van der Waals surface area contributed by atoms with E-state index in [-0.39, 0.29) is 17.7 Å². The van der Waals surface area contributed by atoms with E-state index in [1.807, 2.05) is 11.8 Å². The molecule has 1 fully saturated rings. The largest absolute Gasteiger partial charge is 0.508 e. The second-order valence-electron chi connectivity index (χ2n) is 5.16. The topological polar surface area (TPSA) is 40.5 Å². The first-order valence-corrected chi connectivity index (χ1v) is 7.33. The molecule has 2 rings (SSSR count). The van der Waals surface area contributed by atoms with Gasteiger partial charge in [0.05, 0.1) is 0 Å². The summed E-state index contributed by atoms with van der Waals surface area (Å²) in [7, 11) is 0. The number of alkyl halides is 1. The van der Waals surface area contributed by atoms with E-state index in [1.165, 1.54) is 0 Å². The van der Waals surface area contributed by atoms with Crippen molar-refractivity contribution in [2.24, 2.45) is 0 Å². The standard InChI is InChI=1S/C15H20ClNO2/c1-11-9-13(18)6-7-14(11)15(19)17-8-4-2-3-5-12(17)10-16/h6-7,9,12,18H,2-5,8,10H2,1H3. The molecule has 0 spiro atoms. The van der Waals surface area contributed by atoms with Gasteiger partial charge in [-0.3, -0.25) is 4.79 Å². The number of rotatable bonds is 2. The Balaban J connectivity index is 2.25. The smallest absolute Gasteiger partial charge is 0.254 e. The molecule has 4 heteroatoms. The third kappa shape index (κ3) is 3.21. The molecule has 0 radical (unpaired) electrons. The van der Waals surface area contributed by atoms with E-state index >= 15 is 0 Å². The van der Waals surface area contributed by atoms with Crippen LogP contribution >= 0.6 is 11.6 Å². The highest BCUT2D eigenvalue weighted by Crippen LogP contribution is 2.23. The number of hydrogen-bond donors (Lipinski definition) is 1. The predicted octanol–water partition coefficient (Wildman–Crippen LogP) is 3.32. The summed E-state index contributed by atoms with van der Waals surface area (Å²) < 4.78 is 0. The highest BCUT2D eigenvalue weighted by molar-refractivity contribution is 6.18. The Morgan fingerprint density at radius 3 is 2.89 bits per heavy atom. The number of phenols is 1. The Kier molecular flexibility index (Phi) is 4.70. The van der Waals surface area contributed by atoms with Crippen molar-refractivity contribution in [2.75, 3.05) is 12.4 Å². The van der Waals surface area contributed by atoms with Gasteiger partial charge in [-0.05, 0) is 43.5 Å². The third-order valence-electron chi connectivity index (χ3n) is 3.76. The van der Waals surface area contributed by atoms with E-state index in [4.69, 9.17) is 11.6 Å². The van der Waals surface area contributed by atoms with E-state index < -0.39 is 0 Å². The monoisotopic (exact) mass is 281 g/mol. The molecule has 1 saturated heterocycles. The van der Waals surface area contributed by atoms with Gasteiger partial charge in [0.25, 0.3) is 5.91 Å². The number of aryl methyl sites for hydroxylation is 1. The molecule has 1 N–H and O–H groups in total. The van der Waals surface area contributed by atoms with Crippen LogP contribution in [0.1, 0.15) is 41.6 Å². The summed E-state index contributed by atoms with van der Waals surface area (Å²) in [6.45, 7) is 2.62. The molecule has 0 bridgehead atoms. The van der Waals surface area contributed by atoms with Gasteiger partial charge in [-0.2, -0.15) is 0 Å². The van der Waals surface area contributed by atoms with E-state index in [9.17, 15) is 9.90 Å². The van der Waals surface area contributed by atoms with Crippen molar-refractivity contribution in [1.29, 1.82) is 0 Å². The van der Waals surface area contributed by atoms with Crippen LogP contribution in [0.15, 0.2) is 18.2 Å². The number of nitrogens with zero attached hydrogens (tertiary/aromatic N) is 1. The Hall–Kier alpha value is -1.22. The summed E-state index contributed by atoms with van der Waals surface area (Å²) in [5.74, 6) is 0.715. The van der Waals surface area contributed by atoms with Crippen molar-refractivity contribution >= 4 is 17.5 Å². The fourth-order valence-electron chi connectivity index (χ4n) is 2.65. The predicted molar refractivity (Wildman–Crippen MR) is 76.9 cm³/mol. The number of carbonyl (C=O) groups excluding carboxylic acids is 1. The van der Waals surface area contributed by atoms with Crippen LogP contribution in [0.25, 0.3) is 0 Å². The number of halogens is 1. The zero-order chi connectivity index (χ0) is 13.8. The molecule has 1 heterocycles. The van der Waals surface area contributed by atoms with E-state index in [0.29, 0.717) is 11.4 Å². The fraction of sp³-hybridized carbons (Fsp3) is 0.533. The highest BCUT2D eigenvalue weighted by Gasteiger charge is 2.26. The van der Waals surface area contributed by atoms with Gasteiger partial charge < -0.3 is 10.0 Å². The summed E-state index contributed by atoms with van der Waals surface area (Å²) >= 11 is 6.01. The van der Waals surface area contributed by atoms with E-state index in [2.05, 4.69) is 0 Å². The number of aromatic hydroxyl groups is 1. The molecule has 1 amide bonds. The molecule has 1 aliphatic heterocycles. The van der Waals surface area contributed by atoms with Crippen LogP contribution in [-0.2, 0) is 0 Å². The fourth-order valence-corrected chi connectivity index (χ4v) is 2.97. The first-order chi connectivity index (χ1) is 9.13. The van der Waals surface area contributed by atoms with Crippen molar-refractivity contribution in [3.8, 4) is 5.75 Å². The van der Waals surface area contributed by atoms with Crippen LogP contribution in [0, 0.1) is 6.92 Å². The normalized spacial score (nSPS) is 20.1. The van der Waals surface area contributed by atoms with Gasteiger partial charge in [-0.15, -0.1) is 11.6 Å². The molecule has 19 heavy (non-hydrogen) atoms. The van der Waals surface area contributed by atoms with E-state index in [0.717, 1.165) is 37.8 Å². The zero-order valence-electron chi connectivity index (χ0n) is 11.2. The average molecular weight is 282 g/mol. The Labute approximate surface area is 119 Å². The molecule has 1 aromatic rings. The van der Waals surface area contributed by atoms with Crippen LogP contribution in [-0.4, -0.2) is 34.4 Å². The zero-order valence-corrected chi connectivity index (χ0v) is 12.0. The molecule has 1 aliphatic rings. The maximum Gasteiger partial charge on any atom is 0.254 e. The minimum atomic E-state index is 0.0325. The van der Waals surface area contributed by atoms with Crippen molar-refractivity contribution in [1.82, 2.24) is 4.90 Å². The number of amides is 1. The maximum atomic E-state index is 12.6. The summed E-state index contributed by atoms with van der Waals surface area (Å²) in [6, 6.07) is 5.02. The number of benzene rings is 1.